The summed E-state index contributed by atoms with van der Waals surface area (Å²) in [6.45, 7) is 4.20. The SMILES string of the molecule is Cc1c(N2CCCCC2)ccc(/C=C\C(N)=O)c1Cl. The Labute approximate surface area is 119 Å². The average Bonchev–Trinajstić information content (AvgIpc) is 2.41. The molecule has 0 spiro atoms. The highest BCUT2D eigenvalue weighted by molar-refractivity contribution is 6.33. The molecule has 0 saturated carbocycles. The van der Waals surface area contributed by atoms with Crippen LogP contribution in [-0.4, -0.2) is 19.0 Å². The van der Waals surface area contributed by atoms with Crippen molar-refractivity contribution in [2.24, 2.45) is 5.73 Å². The fourth-order valence-corrected chi connectivity index (χ4v) is 2.70. The minimum absolute atomic E-state index is 0.464. The Morgan fingerprint density at radius 3 is 2.63 bits per heavy atom. The van der Waals surface area contributed by atoms with Gasteiger partial charge in [0, 0.05) is 24.9 Å². The first-order valence-electron chi connectivity index (χ1n) is 6.61. The van der Waals surface area contributed by atoms with Crippen molar-refractivity contribution in [3.63, 3.8) is 0 Å². The van der Waals surface area contributed by atoms with Crippen LogP contribution in [-0.2, 0) is 4.79 Å². The van der Waals surface area contributed by atoms with Gasteiger partial charge in [0.25, 0.3) is 0 Å². The van der Waals surface area contributed by atoms with Crippen molar-refractivity contribution in [1.82, 2.24) is 0 Å². The molecule has 3 nitrogen and oxygen atoms in total. The van der Waals surface area contributed by atoms with Gasteiger partial charge in [-0.1, -0.05) is 17.7 Å². The van der Waals surface area contributed by atoms with Gasteiger partial charge in [-0.2, -0.15) is 0 Å². The summed E-state index contributed by atoms with van der Waals surface area (Å²) in [5, 5.41) is 0.695. The molecule has 0 aromatic heterocycles. The number of hydrogen-bond acceptors (Lipinski definition) is 2. The van der Waals surface area contributed by atoms with E-state index < -0.39 is 5.91 Å². The third-order valence-corrected chi connectivity index (χ3v) is 4.01. The number of benzene rings is 1. The van der Waals surface area contributed by atoms with Crippen LogP contribution in [0.15, 0.2) is 18.2 Å². The topological polar surface area (TPSA) is 46.3 Å². The number of nitrogens with zero attached hydrogens (tertiary/aromatic N) is 1. The Morgan fingerprint density at radius 2 is 2.00 bits per heavy atom. The highest BCUT2D eigenvalue weighted by Crippen LogP contribution is 2.32. The van der Waals surface area contributed by atoms with Crippen LogP contribution in [0.25, 0.3) is 6.08 Å². The number of halogens is 1. The normalized spacial score (nSPS) is 16.0. The highest BCUT2D eigenvalue weighted by atomic mass is 35.5. The summed E-state index contributed by atoms with van der Waals surface area (Å²) in [6.07, 6.45) is 6.78. The summed E-state index contributed by atoms with van der Waals surface area (Å²) in [4.78, 5) is 13.1. The van der Waals surface area contributed by atoms with Crippen molar-refractivity contribution in [2.75, 3.05) is 18.0 Å². The first kappa shape index (κ1) is 13.9. The van der Waals surface area contributed by atoms with Crippen molar-refractivity contribution in [3.8, 4) is 0 Å². The molecule has 102 valence electrons. The van der Waals surface area contributed by atoms with Crippen LogP contribution < -0.4 is 10.6 Å². The molecule has 1 saturated heterocycles. The molecule has 1 aromatic carbocycles. The zero-order valence-corrected chi connectivity index (χ0v) is 11.9. The van der Waals surface area contributed by atoms with Gasteiger partial charge in [-0.15, -0.1) is 0 Å². The van der Waals surface area contributed by atoms with E-state index in [4.69, 9.17) is 17.3 Å². The summed E-state index contributed by atoms with van der Waals surface area (Å²) >= 11 is 6.37. The molecule has 1 aliphatic rings. The van der Waals surface area contributed by atoms with E-state index in [-0.39, 0.29) is 0 Å². The zero-order valence-electron chi connectivity index (χ0n) is 11.2. The molecule has 1 heterocycles. The van der Waals surface area contributed by atoms with Crippen LogP contribution >= 0.6 is 11.6 Å². The predicted octanol–water partition coefficient (Wildman–Crippen LogP) is 3.14. The lowest BCUT2D eigenvalue weighted by molar-refractivity contribution is -0.113. The molecule has 0 unspecified atom stereocenters. The van der Waals surface area contributed by atoms with Crippen LogP contribution in [0, 0.1) is 6.92 Å². The second-order valence-corrected chi connectivity index (χ2v) is 5.27. The van der Waals surface area contributed by atoms with Gasteiger partial charge < -0.3 is 10.6 Å². The molecule has 1 amide bonds. The largest absolute Gasteiger partial charge is 0.371 e. The van der Waals surface area contributed by atoms with E-state index in [1.165, 1.54) is 31.0 Å². The minimum Gasteiger partial charge on any atom is -0.371 e. The van der Waals surface area contributed by atoms with E-state index >= 15 is 0 Å². The van der Waals surface area contributed by atoms with Crippen molar-refractivity contribution in [2.45, 2.75) is 26.2 Å². The highest BCUT2D eigenvalue weighted by Gasteiger charge is 2.15. The lowest BCUT2D eigenvalue weighted by Gasteiger charge is -2.30. The first-order chi connectivity index (χ1) is 9.09. The molecular weight excluding hydrogens is 260 g/mol. The second-order valence-electron chi connectivity index (χ2n) is 4.90. The van der Waals surface area contributed by atoms with E-state index in [2.05, 4.69) is 11.0 Å². The van der Waals surface area contributed by atoms with Crippen LogP contribution in [0.3, 0.4) is 0 Å². The molecule has 2 N–H and O–H groups in total. The lowest BCUT2D eigenvalue weighted by atomic mass is 10.0. The number of carbonyl (C=O) groups excluding carboxylic acids is 1. The summed E-state index contributed by atoms with van der Waals surface area (Å²) in [6, 6.07) is 4.02. The van der Waals surface area contributed by atoms with E-state index in [1.54, 1.807) is 6.08 Å². The number of carbonyl (C=O) groups is 1. The molecule has 0 radical (unpaired) electrons. The summed E-state index contributed by atoms with van der Waals surface area (Å²) in [5.74, 6) is -0.464. The van der Waals surface area contributed by atoms with E-state index in [0.717, 1.165) is 24.2 Å². The Bertz CT molecular complexity index is 505. The lowest BCUT2D eigenvalue weighted by Crippen LogP contribution is -2.30. The van der Waals surface area contributed by atoms with Gasteiger partial charge in [0.05, 0.1) is 5.02 Å². The first-order valence-corrected chi connectivity index (χ1v) is 6.99. The minimum atomic E-state index is -0.464. The molecule has 0 aliphatic carbocycles. The summed E-state index contributed by atoms with van der Waals surface area (Å²) < 4.78 is 0. The molecular formula is C15H19ClN2O. The molecule has 1 fully saturated rings. The van der Waals surface area contributed by atoms with Gasteiger partial charge in [0.2, 0.25) is 5.91 Å². The predicted molar refractivity (Wildman–Crippen MR) is 80.5 cm³/mol. The summed E-state index contributed by atoms with van der Waals surface area (Å²) in [5.41, 5.74) is 8.19. The maximum absolute atomic E-state index is 10.8. The zero-order chi connectivity index (χ0) is 13.8. The maximum atomic E-state index is 10.8. The quantitative estimate of drug-likeness (QED) is 0.864. The third-order valence-electron chi connectivity index (χ3n) is 3.51. The number of primary amides is 1. The van der Waals surface area contributed by atoms with Crippen molar-refractivity contribution >= 4 is 29.3 Å². The number of rotatable bonds is 3. The van der Waals surface area contributed by atoms with Gasteiger partial charge in [-0.3, -0.25) is 4.79 Å². The fourth-order valence-electron chi connectivity index (χ4n) is 2.47. The van der Waals surface area contributed by atoms with Crippen LogP contribution in [0.1, 0.15) is 30.4 Å². The third kappa shape index (κ3) is 3.29. The Balaban J connectivity index is 2.28. The van der Waals surface area contributed by atoms with Crippen LogP contribution in [0.5, 0.6) is 0 Å². The molecule has 19 heavy (non-hydrogen) atoms. The Hall–Kier alpha value is -1.48. The van der Waals surface area contributed by atoms with Crippen molar-refractivity contribution in [1.29, 1.82) is 0 Å². The van der Waals surface area contributed by atoms with Crippen LogP contribution in [0.4, 0.5) is 5.69 Å². The standard InChI is InChI=1S/C15H19ClN2O/c1-11-13(18-9-3-2-4-10-18)7-5-12(15(11)16)6-8-14(17)19/h5-8H,2-4,9-10H2,1H3,(H2,17,19)/b8-6-. The molecule has 0 bridgehead atoms. The van der Waals surface area contributed by atoms with Gasteiger partial charge in [0.15, 0.2) is 0 Å². The number of hydrogen-bond donors (Lipinski definition) is 1. The van der Waals surface area contributed by atoms with Crippen molar-refractivity contribution in [3.05, 3.63) is 34.4 Å². The van der Waals surface area contributed by atoms with E-state index in [9.17, 15) is 4.79 Å². The number of piperidine rings is 1. The number of amides is 1. The van der Waals surface area contributed by atoms with Gasteiger partial charge in [0.1, 0.15) is 0 Å². The summed E-state index contributed by atoms with van der Waals surface area (Å²) in [7, 11) is 0. The fraction of sp³-hybridized carbons (Fsp3) is 0.400. The van der Waals surface area contributed by atoms with E-state index in [1.807, 2.05) is 13.0 Å². The van der Waals surface area contributed by atoms with E-state index in [0.29, 0.717) is 5.02 Å². The van der Waals surface area contributed by atoms with Gasteiger partial charge in [-0.25, -0.2) is 0 Å². The van der Waals surface area contributed by atoms with Crippen molar-refractivity contribution < 1.29 is 4.79 Å². The Morgan fingerprint density at radius 1 is 1.32 bits per heavy atom. The van der Waals surface area contributed by atoms with Gasteiger partial charge >= 0.3 is 0 Å². The monoisotopic (exact) mass is 278 g/mol. The van der Waals surface area contributed by atoms with Crippen LogP contribution in [0.2, 0.25) is 5.02 Å². The molecule has 1 aliphatic heterocycles. The molecule has 1 aromatic rings. The molecule has 4 heteroatoms. The number of anilines is 1. The van der Waals surface area contributed by atoms with Gasteiger partial charge in [-0.05, 0) is 49.5 Å². The number of nitrogens with two attached hydrogens (primary N) is 1. The maximum Gasteiger partial charge on any atom is 0.241 e. The molecule has 2 rings (SSSR count). The smallest absolute Gasteiger partial charge is 0.241 e. The molecule has 0 atom stereocenters. The Kier molecular flexibility index (Phi) is 4.48. The second kappa shape index (κ2) is 6.11. The average molecular weight is 279 g/mol.